The highest BCUT2D eigenvalue weighted by atomic mass is 19.4. The number of halogens is 4. The molecule has 0 spiro atoms. The Kier molecular flexibility index (Phi) is 4.26. The summed E-state index contributed by atoms with van der Waals surface area (Å²) in [5.74, 6) is -1.35. The van der Waals surface area contributed by atoms with E-state index in [-0.39, 0.29) is 5.88 Å². The maximum Gasteiger partial charge on any atom is 0.573 e. The van der Waals surface area contributed by atoms with Crippen molar-refractivity contribution in [2.75, 3.05) is 0 Å². The van der Waals surface area contributed by atoms with E-state index in [4.69, 9.17) is 9.57 Å². The van der Waals surface area contributed by atoms with Crippen LogP contribution >= 0.6 is 0 Å². The van der Waals surface area contributed by atoms with Crippen molar-refractivity contribution < 1.29 is 31.9 Å². The molecule has 126 valence electrons. The van der Waals surface area contributed by atoms with Crippen molar-refractivity contribution in [1.29, 1.82) is 0 Å². The molecule has 0 saturated heterocycles. The molecule has 2 aromatic rings. The van der Waals surface area contributed by atoms with Crippen LogP contribution in [0.2, 0.25) is 0 Å². The summed E-state index contributed by atoms with van der Waals surface area (Å²) < 4.78 is 59.1. The van der Waals surface area contributed by atoms with Crippen LogP contribution in [-0.4, -0.2) is 11.3 Å². The molecule has 1 aliphatic rings. The second kappa shape index (κ2) is 6.36. The SMILES string of the molecule is Fc1cc([C@H]2C=C(Oc3cccnc3)NO2)ccc1OC(F)(F)F. The van der Waals surface area contributed by atoms with Gasteiger partial charge in [-0.15, -0.1) is 13.2 Å². The van der Waals surface area contributed by atoms with Gasteiger partial charge in [0, 0.05) is 12.3 Å². The zero-order chi connectivity index (χ0) is 17.2. The van der Waals surface area contributed by atoms with Gasteiger partial charge in [-0.2, -0.15) is 0 Å². The molecule has 0 aliphatic carbocycles. The molecule has 1 aromatic heterocycles. The molecule has 3 rings (SSSR count). The van der Waals surface area contributed by atoms with Crippen molar-refractivity contribution in [3.63, 3.8) is 0 Å². The highest BCUT2D eigenvalue weighted by Crippen LogP contribution is 2.31. The summed E-state index contributed by atoms with van der Waals surface area (Å²) in [7, 11) is 0. The van der Waals surface area contributed by atoms with Crippen molar-refractivity contribution in [3.05, 3.63) is 66.1 Å². The highest BCUT2D eigenvalue weighted by molar-refractivity contribution is 5.33. The first-order valence-corrected chi connectivity index (χ1v) is 6.67. The van der Waals surface area contributed by atoms with Gasteiger partial charge >= 0.3 is 6.36 Å². The number of hydrogen-bond acceptors (Lipinski definition) is 5. The molecule has 1 aromatic carbocycles. The topological polar surface area (TPSA) is 52.6 Å². The van der Waals surface area contributed by atoms with Crippen molar-refractivity contribution in [1.82, 2.24) is 10.5 Å². The van der Waals surface area contributed by atoms with Gasteiger partial charge in [-0.25, -0.2) is 9.87 Å². The Bertz CT molecular complexity index is 750. The third-order valence-corrected chi connectivity index (χ3v) is 2.96. The summed E-state index contributed by atoms with van der Waals surface area (Å²) in [4.78, 5) is 9.08. The molecule has 1 atom stereocenters. The smallest absolute Gasteiger partial charge is 0.438 e. The summed E-state index contributed by atoms with van der Waals surface area (Å²) in [6.07, 6.45) is -1.12. The number of hydrogen-bond donors (Lipinski definition) is 1. The molecular formula is C15H10F4N2O3. The van der Waals surface area contributed by atoms with Crippen molar-refractivity contribution in [2.24, 2.45) is 0 Å². The number of ether oxygens (including phenoxy) is 2. The van der Waals surface area contributed by atoms with Crippen molar-refractivity contribution >= 4 is 0 Å². The summed E-state index contributed by atoms with van der Waals surface area (Å²) in [6, 6.07) is 6.40. The first-order valence-electron chi connectivity index (χ1n) is 6.67. The molecule has 24 heavy (non-hydrogen) atoms. The van der Waals surface area contributed by atoms with Crippen LogP contribution < -0.4 is 15.0 Å². The Hall–Kier alpha value is -2.81. The van der Waals surface area contributed by atoms with E-state index in [1.54, 1.807) is 18.3 Å². The molecule has 9 heteroatoms. The number of aromatic nitrogens is 1. The van der Waals surface area contributed by atoms with Gasteiger partial charge in [0.25, 0.3) is 0 Å². The predicted molar refractivity (Wildman–Crippen MR) is 73.0 cm³/mol. The van der Waals surface area contributed by atoms with Crippen LogP contribution in [0.15, 0.2) is 54.7 Å². The maximum atomic E-state index is 13.7. The molecule has 1 aliphatic heterocycles. The van der Waals surface area contributed by atoms with Gasteiger partial charge in [-0.05, 0) is 29.8 Å². The Labute approximate surface area is 133 Å². The van der Waals surface area contributed by atoms with E-state index in [2.05, 4.69) is 15.2 Å². The van der Waals surface area contributed by atoms with Crippen LogP contribution in [-0.2, 0) is 4.84 Å². The van der Waals surface area contributed by atoms with Gasteiger partial charge in [0.2, 0.25) is 5.88 Å². The second-order valence-corrected chi connectivity index (χ2v) is 4.70. The Balaban J connectivity index is 1.72. The third-order valence-electron chi connectivity index (χ3n) is 2.96. The van der Waals surface area contributed by atoms with Crippen LogP contribution in [0, 0.1) is 5.82 Å². The number of hydroxylamine groups is 1. The lowest BCUT2D eigenvalue weighted by Gasteiger charge is -2.12. The van der Waals surface area contributed by atoms with E-state index in [1.807, 2.05) is 0 Å². The monoisotopic (exact) mass is 342 g/mol. The summed E-state index contributed by atoms with van der Waals surface area (Å²) in [6.45, 7) is 0. The fourth-order valence-electron chi connectivity index (χ4n) is 1.98. The molecule has 0 unspecified atom stereocenters. The lowest BCUT2D eigenvalue weighted by Crippen LogP contribution is -2.18. The normalized spacial score (nSPS) is 17.2. The minimum absolute atomic E-state index is 0.254. The van der Waals surface area contributed by atoms with Crippen LogP contribution in [0.5, 0.6) is 11.5 Å². The Morgan fingerprint density at radius 3 is 2.71 bits per heavy atom. The quantitative estimate of drug-likeness (QED) is 0.860. The van der Waals surface area contributed by atoms with Crippen molar-refractivity contribution in [3.8, 4) is 11.5 Å². The van der Waals surface area contributed by atoms with Gasteiger partial charge in [0.05, 0.1) is 6.20 Å². The van der Waals surface area contributed by atoms with Crippen molar-refractivity contribution in [2.45, 2.75) is 12.5 Å². The number of nitrogens with one attached hydrogen (secondary N) is 1. The molecule has 0 fully saturated rings. The van der Waals surface area contributed by atoms with E-state index in [0.717, 1.165) is 12.1 Å². The van der Waals surface area contributed by atoms with Gasteiger partial charge < -0.3 is 9.47 Å². The highest BCUT2D eigenvalue weighted by Gasteiger charge is 2.32. The second-order valence-electron chi connectivity index (χ2n) is 4.70. The minimum atomic E-state index is -4.96. The lowest BCUT2D eigenvalue weighted by molar-refractivity contribution is -0.275. The molecule has 2 heterocycles. The van der Waals surface area contributed by atoms with Crippen LogP contribution in [0.4, 0.5) is 17.6 Å². The molecule has 0 amide bonds. The largest absolute Gasteiger partial charge is 0.573 e. The number of rotatable bonds is 4. The number of pyridine rings is 1. The summed E-state index contributed by atoms with van der Waals surface area (Å²) >= 11 is 0. The van der Waals surface area contributed by atoms with Gasteiger partial charge in [0.15, 0.2) is 11.6 Å². The average molecular weight is 342 g/mol. The van der Waals surface area contributed by atoms with Gasteiger partial charge in [0.1, 0.15) is 11.9 Å². The number of alkyl halides is 3. The molecule has 0 bridgehead atoms. The average Bonchev–Trinajstić information content (AvgIpc) is 2.97. The zero-order valence-corrected chi connectivity index (χ0v) is 11.9. The summed E-state index contributed by atoms with van der Waals surface area (Å²) in [5, 5.41) is 0. The van der Waals surface area contributed by atoms with Crippen LogP contribution in [0.3, 0.4) is 0 Å². The molecule has 1 N–H and O–H groups in total. The fourth-order valence-corrected chi connectivity index (χ4v) is 1.98. The van der Waals surface area contributed by atoms with E-state index < -0.39 is 24.0 Å². The molecular weight excluding hydrogens is 332 g/mol. The van der Waals surface area contributed by atoms with E-state index in [0.29, 0.717) is 11.3 Å². The standard InChI is InChI=1S/C15H10F4N2O3/c16-11-6-9(3-4-12(11)23-15(17,18)19)13-7-14(21-24-13)22-10-2-1-5-20-8-10/h1-8,13,21H/t13-/m1/s1. The van der Waals surface area contributed by atoms with E-state index >= 15 is 0 Å². The minimum Gasteiger partial charge on any atom is -0.438 e. The number of benzene rings is 1. The molecule has 5 nitrogen and oxygen atoms in total. The maximum absolute atomic E-state index is 13.7. The van der Waals surface area contributed by atoms with Gasteiger partial charge in [-0.3, -0.25) is 9.82 Å². The van der Waals surface area contributed by atoms with E-state index in [1.165, 1.54) is 18.3 Å². The first-order chi connectivity index (χ1) is 11.4. The molecule has 0 radical (unpaired) electrons. The lowest BCUT2D eigenvalue weighted by atomic mass is 10.1. The predicted octanol–water partition coefficient (Wildman–Crippen LogP) is 3.62. The number of nitrogens with zero attached hydrogens (tertiary/aromatic N) is 1. The molecule has 0 saturated carbocycles. The summed E-state index contributed by atoms with van der Waals surface area (Å²) in [5.41, 5.74) is 2.79. The van der Waals surface area contributed by atoms with Crippen LogP contribution in [0.25, 0.3) is 0 Å². The first kappa shape index (κ1) is 16.1. The van der Waals surface area contributed by atoms with E-state index in [9.17, 15) is 17.6 Å². The fraction of sp³-hybridized carbons (Fsp3) is 0.133. The zero-order valence-electron chi connectivity index (χ0n) is 11.9. The third kappa shape index (κ3) is 3.93. The Morgan fingerprint density at radius 2 is 2.04 bits per heavy atom. The Morgan fingerprint density at radius 1 is 1.21 bits per heavy atom. The van der Waals surface area contributed by atoms with Crippen LogP contribution in [0.1, 0.15) is 11.7 Å². The van der Waals surface area contributed by atoms with Gasteiger partial charge in [-0.1, -0.05) is 6.07 Å².